The van der Waals surface area contributed by atoms with E-state index in [2.05, 4.69) is 15.5 Å². The Kier molecular flexibility index (Phi) is 4.91. The van der Waals surface area contributed by atoms with E-state index < -0.39 is 0 Å². The first kappa shape index (κ1) is 16.2. The molecule has 0 unspecified atom stereocenters. The number of nitrogens with one attached hydrogen (secondary N) is 1. The SMILES string of the molecule is Cc1ccc(C(=O)NCCc2nc(-c3ccc(Cl)cc3)no2)cc1. The number of rotatable bonds is 5. The summed E-state index contributed by atoms with van der Waals surface area (Å²) in [5, 5.41) is 7.43. The van der Waals surface area contributed by atoms with Crippen molar-refractivity contribution in [3.05, 3.63) is 70.6 Å². The molecule has 6 heteroatoms. The van der Waals surface area contributed by atoms with Gasteiger partial charge in [-0.1, -0.05) is 34.5 Å². The number of aryl methyl sites for hydroxylation is 1. The van der Waals surface area contributed by atoms with Crippen molar-refractivity contribution in [3.63, 3.8) is 0 Å². The summed E-state index contributed by atoms with van der Waals surface area (Å²) >= 11 is 5.86. The smallest absolute Gasteiger partial charge is 0.251 e. The van der Waals surface area contributed by atoms with Crippen molar-refractivity contribution in [2.24, 2.45) is 0 Å². The Balaban J connectivity index is 1.55. The first-order valence-corrected chi connectivity index (χ1v) is 7.93. The summed E-state index contributed by atoms with van der Waals surface area (Å²) in [5.74, 6) is 0.864. The molecule has 24 heavy (non-hydrogen) atoms. The number of carbonyl (C=O) groups is 1. The molecule has 0 spiro atoms. The molecule has 3 aromatic rings. The van der Waals surface area contributed by atoms with E-state index in [9.17, 15) is 4.79 Å². The molecule has 1 N–H and O–H groups in total. The highest BCUT2D eigenvalue weighted by Gasteiger charge is 2.10. The molecule has 3 rings (SSSR count). The lowest BCUT2D eigenvalue weighted by atomic mass is 10.1. The Morgan fingerprint density at radius 2 is 1.83 bits per heavy atom. The molecule has 5 nitrogen and oxygen atoms in total. The van der Waals surface area contributed by atoms with Crippen LogP contribution in [0.25, 0.3) is 11.4 Å². The minimum atomic E-state index is -0.118. The van der Waals surface area contributed by atoms with Gasteiger partial charge in [-0.2, -0.15) is 4.98 Å². The van der Waals surface area contributed by atoms with Crippen LogP contribution in [0.5, 0.6) is 0 Å². The molecule has 1 aromatic heterocycles. The molecule has 122 valence electrons. The number of amides is 1. The Hall–Kier alpha value is -2.66. The van der Waals surface area contributed by atoms with Crippen LogP contribution < -0.4 is 5.32 Å². The molecular formula is C18H16ClN3O2. The molecule has 0 bridgehead atoms. The van der Waals surface area contributed by atoms with Crippen LogP contribution in [0.1, 0.15) is 21.8 Å². The topological polar surface area (TPSA) is 68.0 Å². The third-order valence-electron chi connectivity index (χ3n) is 3.51. The highest BCUT2D eigenvalue weighted by atomic mass is 35.5. The van der Waals surface area contributed by atoms with Gasteiger partial charge in [0.15, 0.2) is 0 Å². The number of nitrogens with zero attached hydrogens (tertiary/aromatic N) is 2. The van der Waals surface area contributed by atoms with Gasteiger partial charge in [0.25, 0.3) is 5.91 Å². The van der Waals surface area contributed by atoms with Crippen LogP contribution in [0.2, 0.25) is 5.02 Å². The summed E-state index contributed by atoms with van der Waals surface area (Å²) < 4.78 is 5.21. The fraction of sp³-hybridized carbons (Fsp3) is 0.167. The van der Waals surface area contributed by atoms with Gasteiger partial charge in [-0.05, 0) is 43.3 Å². The molecule has 0 fully saturated rings. The van der Waals surface area contributed by atoms with Crippen LogP contribution >= 0.6 is 11.6 Å². The monoisotopic (exact) mass is 341 g/mol. The van der Waals surface area contributed by atoms with Gasteiger partial charge < -0.3 is 9.84 Å². The summed E-state index contributed by atoms with van der Waals surface area (Å²) in [6.45, 7) is 2.41. The lowest BCUT2D eigenvalue weighted by Crippen LogP contribution is -2.25. The van der Waals surface area contributed by atoms with E-state index in [0.717, 1.165) is 11.1 Å². The Morgan fingerprint density at radius 1 is 1.12 bits per heavy atom. The predicted molar refractivity (Wildman–Crippen MR) is 92.0 cm³/mol. The molecule has 0 aliphatic carbocycles. The van der Waals surface area contributed by atoms with Gasteiger partial charge in [0.1, 0.15) is 0 Å². The maximum atomic E-state index is 12.0. The van der Waals surface area contributed by atoms with Crippen molar-refractivity contribution in [3.8, 4) is 11.4 Å². The summed E-state index contributed by atoms with van der Waals surface area (Å²) in [5.41, 5.74) is 2.58. The third kappa shape index (κ3) is 4.00. The van der Waals surface area contributed by atoms with Crippen LogP contribution in [0.15, 0.2) is 53.1 Å². The Bertz CT molecular complexity index is 826. The fourth-order valence-corrected chi connectivity index (χ4v) is 2.29. The van der Waals surface area contributed by atoms with Crippen LogP contribution in [-0.2, 0) is 6.42 Å². The number of hydrogen-bond donors (Lipinski definition) is 1. The predicted octanol–water partition coefficient (Wildman–Crippen LogP) is 3.67. The summed E-state index contributed by atoms with van der Waals surface area (Å²) in [6.07, 6.45) is 0.470. The maximum Gasteiger partial charge on any atom is 0.251 e. The van der Waals surface area contributed by atoms with E-state index in [0.29, 0.717) is 35.3 Å². The molecule has 0 aliphatic rings. The summed E-state index contributed by atoms with van der Waals surface area (Å²) in [6, 6.07) is 14.6. The molecule has 0 atom stereocenters. The van der Waals surface area contributed by atoms with E-state index in [1.54, 1.807) is 24.3 Å². The average molecular weight is 342 g/mol. The lowest BCUT2D eigenvalue weighted by Gasteiger charge is -2.03. The van der Waals surface area contributed by atoms with Crippen LogP contribution in [0, 0.1) is 6.92 Å². The second-order valence-electron chi connectivity index (χ2n) is 5.39. The fourth-order valence-electron chi connectivity index (χ4n) is 2.16. The quantitative estimate of drug-likeness (QED) is 0.768. The normalized spacial score (nSPS) is 10.6. The first-order chi connectivity index (χ1) is 11.6. The number of benzene rings is 2. The zero-order valence-electron chi connectivity index (χ0n) is 13.1. The van der Waals surface area contributed by atoms with Crippen molar-refractivity contribution in [2.45, 2.75) is 13.3 Å². The van der Waals surface area contributed by atoms with E-state index >= 15 is 0 Å². The highest BCUT2D eigenvalue weighted by molar-refractivity contribution is 6.30. The molecule has 0 saturated carbocycles. The van der Waals surface area contributed by atoms with Crippen LogP contribution in [-0.4, -0.2) is 22.6 Å². The second-order valence-corrected chi connectivity index (χ2v) is 5.83. The molecule has 1 amide bonds. The standard InChI is InChI=1S/C18H16ClN3O2/c1-12-2-4-14(5-3-12)18(23)20-11-10-16-21-17(22-24-16)13-6-8-15(19)9-7-13/h2-9H,10-11H2,1H3,(H,20,23). The van der Waals surface area contributed by atoms with Gasteiger partial charge in [-0.25, -0.2) is 0 Å². The van der Waals surface area contributed by atoms with Crippen LogP contribution in [0.3, 0.4) is 0 Å². The largest absolute Gasteiger partial charge is 0.352 e. The Labute approximate surface area is 144 Å². The van der Waals surface area contributed by atoms with Gasteiger partial charge in [0.05, 0.1) is 0 Å². The van der Waals surface area contributed by atoms with E-state index in [1.807, 2.05) is 31.2 Å². The molecule has 2 aromatic carbocycles. The van der Waals surface area contributed by atoms with Gasteiger partial charge in [-0.15, -0.1) is 0 Å². The number of halogens is 1. The summed E-state index contributed by atoms with van der Waals surface area (Å²) in [7, 11) is 0. The van der Waals surface area contributed by atoms with Crippen LogP contribution in [0.4, 0.5) is 0 Å². The molecule has 0 aliphatic heterocycles. The van der Waals surface area contributed by atoms with Gasteiger partial charge in [-0.3, -0.25) is 4.79 Å². The van der Waals surface area contributed by atoms with Crippen molar-refractivity contribution in [1.82, 2.24) is 15.5 Å². The number of aromatic nitrogens is 2. The lowest BCUT2D eigenvalue weighted by molar-refractivity contribution is 0.0953. The minimum absolute atomic E-state index is 0.118. The van der Waals surface area contributed by atoms with Crippen molar-refractivity contribution in [2.75, 3.05) is 6.54 Å². The second kappa shape index (κ2) is 7.27. The molecular weight excluding hydrogens is 326 g/mol. The van der Waals surface area contributed by atoms with Gasteiger partial charge >= 0.3 is 0 Å². The van der Waals surface area contributed by atoms with Crippen molar-refractivity contribution in [1.29, 1.82) is 0 Å². The van der Waals surface area contributed by atoms with Crippen molar-refractivity contribution < 1.29 is 9.32 Å². The number of hydrogen-bond acceptors (Lipinski definition) is 4. The zero-order chi connectivity index (χ0) is 16.9. The minimum Gasteiger partial charge on any atom is -0.352 e. The molecule has 0 radical (unpaired) electrons. The summed E-state index contributed by atoms with van der Waals surface area (Å²) in [4.78, 5) is 16.3. The van der Waals surface area contributed by atoms with E-state index in [1.165, 1.54) is 0 Å². The van der Waals surface area contributed by atoms with Gasteiger partial charge in [0, 0.05) is 29.1 Å². The average Bonchev–Trinajstić information content (AvgIpc) is 3.05. The molecule has 1 heterocycles. The first-order valence-electron chi connectivity index (χ1n) is 7.55. The van der Waals surface area contributed by atoms with E-state index in [4.69, 9.17) is 16.1 Å². The van der Waals surface area contributed by atoms with Crippen molar-refractivity contribution >= 4 is 17.5 Å². The highest BCUT2D eigenvalue weighted by Crippen LogP contribution is 2.18. The number of carbonyl (C=O) groups excluding carboxylic acids is 1. The Morgan fingerprint density at radius 3 is 2.54 bits per heavy atom. The maximum absolute atomic E-state index is 12.0. The molecule has 0 saturated heterocycles. The zero-order valence-corrected chi connectivity index (χ0v) is 13.9. The van der Waals surface area contributed by atoms with E-state index in [-0.39, 0.29) is 5.91 Å². The van der Waals surface area contributed by atoms with Gasteiger partial charge in [0.2, 0.25) is 11.7 Å². The third-order valence-corrected chi connectivity index (χ3v) is 3.76.